The van der Waals surface area contributed by atoms with Gasteiger partial charge in [0.15, 0.2) is 0 Å². The minimum Gasteiger partial charge on any atom is -0.214 e. The maximum Gasteiger partial charge on any atom is 0.346 e. The first-order valence-electron chi connectivity index (χ1n) is 4.04. The molecule has 0 unspecified atom stereocenters. The Morgan fingerprint density at radius 3 is 3.15 bits per heavy atom. The molecule has 0 saturated carbocycles. The summed E-state index contributed by atoms with van der Waals surface area (Å²) in [6.07, 6.45) is 7.36. The van der Waals surface area contributed by atoms with Gasteiger partial charge in [0, 0.05) is 5.56 Å². The van der Waals surface area contributed by atoms with Crippen LogP contribution in [-0.2, 0) is 0 Å². The summed E-state index contributed by atoms with van der Waals surface area (Å²) in [6.45, 7) is 2.04. The molecule has 3 aromatic heterocycles. The van der Waals surface area contributed by atoms with Crippen molar-refractivity contribution in [3.8, 4) is 0 Å². The van der Waals surface area contributed by atoms with E-state index >= 15 is 0 Å². The minimum atomic E-state index is 0.794. The van der Waals surface area contributed by atoms with Gasteiger partial charge in [0.05, 0.1) is 18.6 Å². The summed E-state index contributed by atoms with van der Waals surface area (Å²) in [6, 6.07) is 0. The monoisotopic (exact) mass is 174 g/mol. The van der Waals surface area contributed by atoms with Gasteiger partial charge in [-0.2, -0.15) is 5.10 Å². The molecule has 0 aliphatic rings. The zero-order valence-electron chi connectivity index (χ0n) is 7.10. The average Bonchev–Trinajstić information content (AvgIpc) is 2.60. The molecule has 13 heavy (non-hydrogen) atoms. The zero-order valence-corrected chi connectivity index (χ0v) is 7.10. The predicted octanol–water partition coefficient (Wildman–Crippen LogP) is 0.105. The van der Waals surface area contributed by atoms with Gasteiger partial charge >= 0.3 is 5.65 Å². The smallest absolute Gasteiger partial charge is 0.214 e. The van der Waals surface area contributed by atoms with Crippen molar-refractivity contribution in [3.05, 3.63) is 30.4 Å². The second-order valence-electron chi connectivity index (χ2n) is 3.03. The van der Waals surface area contributed by atoms with Crippen LogP contribution in [0.25, 0.3) is 11.3 Å². The maximum atomic E-state index is 4.23. The fraction of sp³-hybridized carbons (Fsp3) is 0.125. The van der Waals surface area contributed by atoms with Crippen molar-refractivity contribution in [1.82, 2.24) is 19.7 Å². The molecule has 0 atom stereocenters. The van der Waals surface area contributed by atoms with E-state index in [1.54, 1.807) is 12.4 Å². The van der Waals surface area contributed by atoms with Gasteiger partial charge in [-0.3, -0.25) is 0 Å². The summed E-state index contributed by atoms with van der Waals surface area (Å²) in [5.41, 5.74) is 2.82. The average molecular weight is 174 g/mol. The Labute approximate surface area is 73.6 Å². The number of H-pyrrole nitrogens is 1. The van der Waals surface area contributed by atoms with E-state index in [1.807, 2.05) is 28.5 Å². The SMILES string of the molecule is Cc1cn2[nH]c3nccnc3[n+]2c1. The van der Waals surface area contributed by atoms with Crippen molar-refractivity contribution in [2.24, 2.45) is 0 Å². The van der Waals surface area contributed by atoms with Crippen molar-refractivity contribution in [1.29, 1.82) is 0 Å². The molecule has 3 aromatic rings. The predicted molar refractivity (Wildman–Crippen MR) is 45.2 cm³/mol. The first kappa shape index (κ1) is 6.59. The third kappa shape index (κ3) is 0.780. The van der Waals surface area contributed by atoms with Crippen LogP contribution in [0.15, 0.2) is 24.8 Å². The lowest BCUT2D eigenvalue weighted by Crippen LogP contribution is -2.24. The lowest BCUT2D eigenvalue weighted by Gasteiger charge is -1.76. The summed E-state index contributed by atoms with van der Waals surface area (Å²) >= 11 is 0. The molecule has 3 rings (SSSR count). The number of hydrogen-bond donors (Lipinski definition) is 1. The molecule has 0 aliphatic heterocycles. The Kier molecular flexibility index (Phi) is 1.05. The molecule has 0 bridgehead atoms. The zero-order chi connectivity index (χ0) is 8.84. The van der Waals surface area contributed by atoms with Crippen molar-refractivity contribution in [2.45, 2.75) is 6.92 Å². The number of aryl methyl sites for hydroxylation is 1. The third-order valence-corrected chi connectivity index (χ3v) is 2.00. The second kappa shape index (κ2) is 2.07. The molecule has 0 saturated heterocycles. The number of nitrogens with one attached hydrogen (secondary N) is 1. The standard InChI is InChI=1S/C8H8N5/c1-6-4-12-8-7(9-2-3-10-8)11-13(12)5-6/h2-5H,1H3,(H,9,11)/q+1. The van der Waals surface area contributed by atoms with Gasteiger partial charge in [0.2, 0.25) is 0 Å². The highest BCUT2D eigenvalue weighted by Crippen LogP contribution is 2.00. The molecule has 0 aliphatic carbocycles. The van der Waals surface area contributed by atoms with Crippen LogP contribution in [0.2, 0.25) is 0 Å². The number of hydrogen-bond acceptors (Lipinski definition) is 2. The Bertz CT molecular complexity index is 576. The van der Waals surface area contributed by atoms with E-state index in [2.05, 4.69) is 15.1 Å². The van der Waals surface area contributed by atoms with Crippen molar-refractivity contribution >= 4 is 11.3 Å². The highest BCUT2D eigenvalue weighted by molar-refractivity contribution is 5.58. The van der Waals surface area contributed by atoms with E-state index in [9.17, 15) is 0 Å². The summed E-state index contributed by atoms with van der Waals surface area (Å²) < 4.78 is 3.79. The van der Waals surface area contributed by atoms with Gasteiger partial charge in [-0.15, -0.1) is 14.1 Å². The summed E-state index contributed by atoms with van der Waals surface area (Å²) in [5.74, 6) is 0. The van der Waals surface area contributed by atoms with Crippen LogP contribution in [0.3, 0.4) is 0 Å². The van der Waals surface area contributed by atoms with E-state index in [1.165, 1.54) is 5.56 Å². The first-order chi connectivity index (χ1) is 6.34. The Morgan fingerprint density at radius 1 is 1.38 bits per heavy atom. The fourth-order valence-corrected chi connectivity index (χ4v) is 1.48. The van der Waals surface area contributed by atoms with Crippen molar-refractivity contribution in [2.75, 3.05) is 0 Å². The van der Waals surface area contributed by atoms with Gasteiger partial charge in [-0.25, -0.2) is 4.98 Å². The van der Waals surface area contributed by atoms with E-state index in [4.69, 9.17) is 0 Å². The van der Waals surface area contributed by atoms with E-state index in [0.717, 1.165) is 11.3 Å². The molecular weight excluding hydrogens is 166 g/mol. The highest BCUT2D eigenvalue weighted by atomic mass is 15.5. The molecule has 0 aromatic carbocycles. The van der Waals surface area contributed by atoms with Gasteiger partial charge in [0.1, 0.15) is 6.20 Å². The number of fused-ring (bicyclic) bond motifs is 3. The molecular formula is C8H8N5+. The number of aromatic nitrogens is 5. The van der Waals surface area contributed by atoms with Crippen LogP contribution >= 0.6 is 0 Å². The molecule has 0 spiro atoms. The molecule has 0 radical (unpaired) electrons. The molecule has 64 valence electrons. The van der Waals surface area contributed by atoms with Gasteiger partial charge in [0.25, 0.3) is 5.65 Å². The highest BCUT2D eigenvalue weighted by Gasteiger charge is 2.12. The number of aromatic amines is 1. The summed E-state index contributed by atoms with van der Waals surface area (Å²) in [5, 5.41) is 3.10. The van der Waals surface area contributed by atoms with Gasteiger partial charge in [-0.05, 0) is 6.92 Å². The molecule has 5 nitrogen and oxygen atoms in total. The van der Waals surface area contributed by atoms with E-state index < -0.39 is 0 Å². The molecule has 0 fully saturated rings. The van der Waals surface area contributed by atoms with Crippen LogP contribution in [0, 0.1) is 6.92 Å². The Hall–Kier alpha value is -1.91. The van der Waals surface area contributed by atoms with E-state index in [-0.39, 0.29) is 0 Å². The van der Waals surface area contributed by atoms with Gasteiger partial charge in [-0.1, -0.05) is 0 Å². The van der Waals surface area contributed by atoms with Crippen LogP contribution < -0.4 is 4.52 Å². The molecule has 1 N–H and O–H groups in total. The van der Waals surface area contributed by atoms with Crippen LogP contribution in [0.1, 0.15) is 5.56 Å². The molecule has 5 heteroatoms. The van der Waals surface area contributed by atoms with Crippen molar-refractivity contribution < 1.29 is 4.52 Å². The second-order valence-corrected chi connectivity index (χ2v) is 3.03. The molecule has 0 amide bonds. The third-order valence-electron chi connectivity index (χ3n) is 2.00. The summed E-state index contributed by atoms with van der Waals surface area (Å²) in [7, 11) is 0. The first-order valence-corrected chi connectivity index (χ1v) is 4.04. The quantitative estimate of drug-likeness (QED) is 0.491. The van der Waals surface area contributed by atoms with Crippen molar-refractivity contribution in [3.63, 3.8) is 0 Å². The normalized spacial score (nSPS) is 11.5. The minimum absolute atomic E-state index is 0.794. The largest absolute Gasteiger partial charge is 0.346 e. The van der Waals surface area contributed by atoms with Crippen LogP contribution in [0.4, 0.5) is 0 Å². The van der Waals surface area contributed by atoms with Crippen LogP contribution in [0.5, 0.6) is 0 Å². The lowest BCUT2D eigenvalue weighted by atomic mass is 10.4. The maximum absolute atomic E-state index is 4.23. The van der Waals surface area contributed by atoms with E-state index in [0.29, 0.717) is 0 Å². The number of rotatable bonds is 0. The Morgan fingerprint density at radius 2 is 2.23 bits per heavy atom. The number of nitrogens with zero attached hydrogens (tertiary/aromatic N) is 4. The topological polar surface area (TPSA) is 50.1 Å². The molecule has 3 heterocycles. The lowest BCUT2D eigenvalue weighted by molar-refractivity contribution is -0.594. The fourth-order valence-electron chi connectivity index (χ4n) is 1.48. The van der Waals surface area contributed by atoms with Crippen LogP contribution in [-0.4, -0.2) is 19.7 Å². The summed E-state index contributed by atoms with van der Waals surface area (Å²) in [4.78, 5) is 8.39. The Balaban J connectivity index is 2.60. The van der Waals surface area contributed by atoms with Gasteiger partial charge < -0.3 is 0 Å².